The number of carbonyl (C=O) groups is 1. The summed E-state index contributed by atoms with van der Waals surface area (Å²) in [5, 5.41) is 11.8. The van der Waals surface area contributed by atoms with E-state index in [0.29, 0.717) is 3.57 Å². The van der Waals surface area contributed by atoms with Crippen LogP contribution in [0, 0.1) is 21.0 Å². The largest absolute Gasteiger partial charge is 0.388 e. The minimum Gasteiger partial charge on any atom is -0.388 e. The molecule has 0 fully saturated rings. The zero-order chi connectivity index (χ0) is 20.0. The highest BCUT2D eigenvalue weighted by molar-refractivity contribution is 14.1. The fraction of sp³-hybridized carbons (Fsp3) is 0.235. The SMILES string of the molecule is COC[C@@H](O)CONC(=O)c1ccc(F)c(F)c1Nc1ccc(I)cc1F. The molecule has 6 nitrogen and oxygen atoms in total. The molecule has 0 radical (unpaired) electrons. The van der Waals surface area contributed by atoms with Crippen LogP contribution in [0.25, 0.3) is 0 Å². The zero-order valence-electron chi connectivity index (χ0n) is 14.1. The van der Waals surface area contributed by atoms with Gasteiger partial charge in [0.2, 0.25) is 0 Å². The van der Waals surface area contributed by atoms with Crippen LogP contribution in [-0.2, 0) is 9.57 Å². The number of aliphatic hydroxyl groups excluding tert-OH is 1. The number of nitrogens with one attached hydrogen (secondary N) is 2. The number of aliphatic hydroxyl groups is 1. The van der Waals surface area contributed by atoms with E-state index in [0.717, 1.165) is 12.1 Å². The summed E-state index contributed by atoms with van der Waals surface area (Å²) in [5.41, 5.74) is 1.01. The predicted octanol–water partition coefficient (Wildman–Crippen LogP) is 3.12. The Bertz CT molecular complexity index is 823. The van der Waals surface area contributed by atoms with Crippen LogP contribution in [0.1, 0.15) is 10.4 Å². The Balaban J connectivity index is 2.21. The molecule has 1 atom stereocenters. The quantitative estimate of drug-likeness (QED) is 0.387. The van der Waals surface area contributed by atoms with Crippen LogP contribution >= 0.6 is 22.6 Å². The molecule has 10 heteroatoms. The van der Waals surface area contributed by atoms with Crippen molar-refractivity contribution in [2.45, 2.75) is 6.10 Å². The normalized spacial score (nSPS) is 11.9. The number of rotatable bonds is 8. The van der Waals surface area contributed by atoms with Crippen molar-refractivity contribution in [3.8, 4) is 0 Å². The van der Waals surface area contributed by atoms with Crippen LogP contribution < -0.4 is 10.8 Å². The molecule has 3 N–H and O–H groups in total. The summed E-state index contributed by atoms with van der Waals surface area (Å²) < 4.78 is 47.2. The third-order valence-corrected chi connectivity index (χ3v) is 4.00. The Labute approximate surface area is 166 Å². The third kappa shape index (κ3) is 5.79. The summed E-state index contributed by atoms with van der Waals surface area (Å²) in [5.74, 6) is -4.17. The van der Waals surface area contributed by atoms with Gasteiger partial charge in [0, 0.05) is 10.7 Å². The fourth-order valence-corrected chi connectivity index (χ4v) is 2.54. The van der Waals surface area contributed by atoms with Crippen molar-refractivity contribution in [1.29, 1.82) is 0 Å². The Morgan fingerprint density at radius 3 is 2.59 bits per heavy atom. The average Bonchev–Trinajstić information content (AvgIpc) is 2.61. The van der Waals surface area contributed by atoms with Crippen molar-refractivity contribution in [3.05, 3.63) is 56.9 Å². The molecule has 2 aromatic carbocycles. The second-order valence-corrected chi connectivity index (χ2v) is 6.63. The first kappa shape index (κ1) is 21.4. The Kier molecular flexibility index (Phi) is 7.83. The Morgan fingerprint density at radius 1 is 1.19 bits per heavy atom. The smallest absolute Gasteiger partial charge is 0.277 e. The van der Waals surface area contributed by atoms with Gasteiger partial charge in [-0.15, -0.1) is 0 Å². The van der Waals surface area contributed by atoms with E-state index in [-0.39, 0.29) is 24.5 Å². The van der Waals surface area contributed by atoms with Crippen LogP contribution in [0.3, 0.4) is 0 Å². The van der Waals surface area contributed by atoms with Gasteiger partial charge >= 0.3 is 0 Å². The summed E-state index contributed by atoms with van der Waals surface area (Å²) in [6.07, 6.45) is -0.987. The Morgan fingerprint density at radius 2 is 1.93 bits per heavy atom. The van der Waals surface area contributed by atoms with E-state index in [9.17, 15) is 23.1 Å². The van der Waals surface area contributed by atoms with Gasteiger partial charge in [-0.25, -0.2) is 18.7 Å². The lowest BCUT2D eigenvalue weighted by molar-refractivity contribution is -0.0365. The molecule has 0 aliphatic rings. The molecule has 0 aliphatic heterocycles. The minimum atomic E-state index is -1.35. The molecule has 0 bridgehead atoms. The maximum atomic E-state index is 14.2. The third-order valence-electron chi connectivity index (χ3n) is 3.33. The van der Waals surface area contributed by atoms with E-state index >= 15 is 0 Å². The van der Waals surface area contributed by atoms with Gasteiger partial charge in [-0.3, -0.25) is 9.63 Å². The number of carbonyl (C=O) groups excluding carboxylic acids is 1. The van der Waals surface area contributed by atoms with Crippen molar-refractivity contribution in [3.63, 3.8) is 0 Å². The van der Waals surface area contributed by atoms with Crippen LogP contribution in [0.4, 0.5) is 24.5 Å². The van der Waals surface area contributed by atoms with Crippen LogP contribution in [0.2, 0.25) is 0 Å². The molecule has 2 rings (SSSR count). The van der Waals surface area contributed by atoms with Crippen LogP contribution in [0.5, 0.6) is 0 Å². The topological polar surface area (TPSA) is 79.8 Å². The first-order valence-electron chi connectivity index (χ1n) is 7.62. The molecule has 0 saturated heterocycles. The first-order valence-corrected chi connectivity index (χ1v) is 8.70. The van der Waals surface area contributed by atoms with Crippen LogP contribution in [-0.4, -0.2) is 37.4 Å². The van der Waals surface area contributed by atoms with Crippen molar-refractivity contribution in [1.82, 2.24) is 5.48 Å². The molecular weight excluding hydrogens is 480 g/mol. The number of anilines is 2. The van der Waals surface area contributed by atoms with Crippen molar-refractivity contribution >= 4 is 39.9 Å². The van der Waals surface area contributed by atoms with Crippen molar-refractivity contribution < 1.29 is 32.6 Å². The molecule has 2 aromatic rings. The van der Waals surface area contributed by atoms with E-state index < -0.39 is 35.2 Å². The van der Waals surface area contributed by atoms with Gasteiger partial charge in [0.15, 0.2) is 11.6 Å². The van der Waals surface area contributed by atoms with Gasteiger partial charge in [0.05, 0.1) is 23.5 Å². The molecular formula is C17H16F3IN2O4. The molecule has 0 aromatic heterocycles. The van der Waals surface area contributed by atoms with Crippen LogP contribution in [0.15, 0.2) is 30.3 Å². The molecule has 146 valence electrons. The second-order valence-electron chi connectivity index (χ2n) is 5.38. The van der Waals surface area contributed by atoms with Crippen molar-refractivity contribution in [2.24, 2.45) is 0 Å². The van der Waals surface area contributed by atoms with Gasteiger partial charge in [-0.05, 0) is 52.9 Å². The number of hydrogen-bond acceptors (Lipinski definition) is 5. The minimum absolute atomic E-state index is 0.0140. The molecule has 27 heavy (non-hydrogen) atoms. The monoisotopic (exact) mass is 496 g/mol. The number of halogens is 4. The second kappa shape index (κ2) is 9.88. The standard InChI is InChI=1S/C17H16F3IN2O4/c1-26-7-10(24)8-27-23-17(25)11-3-4-12(18)15(20)16(11)22-14-5-2-9(21)6-13(14)19/h2-6,10,22,24H,7-8H2,1H3,(H,23,25)/t10-/m1/s1. The molecule has 0 unspecified atom stereocenters. The molecule has 1 amide bonds. The first-order chi connectivity index (χ1) is 12.8. The van der Waals surface area contributed by atoms with Gasteiger partial charge in [-0.2, -0.15) is 0 Å². The Hall–Kier alpha value is -1.89. The van der Waals surface area contributed by atoms with E-state index in [4.69, 9.17) is 9.57 Å². The maximum Gasteiger partial charge on any atom is 0.277 e. The summed E-state index contributed by atoms with van der Waals surface area (Å²) in [6.45, 7) is -0.294. The lowest BCUT2D eigenvalue weighted by atomic mass is 10.1. The van der Waals surface area contributed by atoms with E-state index in [2.05, 4.69) is 5.32 Å². The number of hydrogen-bond donors (Lipinski definition) is 3. The summed E-state index contributed by atoms with van der Waals surface area (Å²) >= 11 is 1.90. The number of hydroxylamine groups is 1. The number of methoxy groups -OCH3 is 1. The van der Waals surface area contributed by atoms with Gasteiger partial charge in [0.25, 0.3) is 5.91 Å². The van der Waals surface area contributed by atoms with Gasteiger partial charge in [0.1, 0.15) is 18.5 Å². The van der Waals surface area contributed by atoms with E-state index in [1.165, 1.54) is 19.2 Å². The zero-order valence-corrected chi connectivity index (χ0v) is 16.2. The summed E-state index contributed by atoms with van der Waals surface area (Å²) in [4.78, 5) is 17.1. The maximum absolute atomic E-state index is 14.2. The number of ether oxygens (including phenoxy) is 1. The number of benzene rings is 2. The lowest BCUT2D eigenvalue weighted by Gasteiger charge is -2.15. The molecule has 0 aliphatic carbocycles. The van der Waals surface area contributed by atoms with Gasteiger partial charge < -0.3 is 15.2 Å². The summed E-state index contributed by atoms with van der Waals surface area (Å²) in [6, 6.07) is 5.87. The highest BCUT2D eigenvalue weighted by Gasteiger charge is 2.20. The van der Waals surface area contributed by atoms with Crippen molar-refractivity contribution in [2.75, 3.05) is 25.6 Å². The highest BCUT2D eigenvalue weighted by Crippen LogP contribution is 2.28. The molecule has 0 heterocycles. The highest BCUT2D eigenvalue weighted by atomic mass is 127. The van der Waals surface area contributed by atoms with E-state index in [1.807, 2.05) is 28.1 Å². The molecule has 0 saturated carbocycles. The number of amides is 1. The predicted molar refractivity (Wildman–Crippen MR) is 100 cm³/mol. The summed E-state index contributed by atoms with van der Waals surface area (Å²) in [7, 11) is 1.38. The lowest BCUT2D eigenvalue weighted by Crippen LogP contribution is -2.30. The average molecular weight is 496 g/mol. The van der Waals surface area contributed by atoms with Gasteiger partial charge in [-0.1, -0.05) is 0 Å². The van der Waals surface area contributed by atoms with E-state index in [1.54, 1.807) is 6.07 Å². The fourth-order valence-electron chi connectivity index (χ4n) is 2.09. The molecule has 0 spiro atoms.